The number of β-amino-alcohol motifs (C(OH)–C–C–N with tert-alkyl or cyclic N) is 1. The normalized spacial score (nSPS) is 19.2. The number of nitrogens with zero attached hydrogens (tertiary/aromatic N) is 1. The Labute approximate surface area is 146 Å². The number of piperidine rings is 1. The van der Waals surface area contributed by atoms with Crippen molar-refractivity contribution in [3.05, 3.63) is 35.4 Å². The molecule has 0 spiro atoms. The standard InChI is InChI=1S/C20H32N2O2/c1-14(2)16(4)21-20(24)18-9-11-22(12-10-18)13-19(23)17-7-5-15(3)6-8-17/h5-8,14,16,18-19,23H,9-13H2,1-4H3,(H,21,24). The summed E-state index contributed by atoms with van der Waals surface area (Å²) in [6.45, 7) is 10.7. The predicted octanol–water partition coefficient (Wildman–Crippen LogP) is 2.90. The van der Waals surface area contributed by atoms with E-state index in [2.05, 4.69) is 31.0 Å². The first-order valence-electron chi connectivity index (χ1n) is 9.14. The SMILES string of the molecule is Cc1ccc(C(O)CN2CCC(C(=O)NC(C)C(C)C)CC2)cc1. The first-order valence-corrected chi connectivity index (χ1v) is 9.14. The summed E-state index contributed by atoms with van der Waals surface area (Å²) in [7, 11) is 0. The monoisotopic (exact) mass is 332 g/mol. The fourth-order valence-corrected chi connectivity index (χ4v) is 3.03. The number of rotatable bonds is 6. The molecule has 2 N–H and O–H groups in total. The van der Waals surface area contributed by atoms with E-state index in [4.69, 9.17) is 0 Å². The maximum absolute atomic E-state index is 12.3. The lowest BCUT2D eigenvalue weighted by Gasteiger charge is -2.33. The highest BCUT2D eigenvalue weighted by Crippen LogP contribution is 2.21. The van der Waals surface area contributed by atoms with Crippen LogP contribution in [0.1, 0.15) is 50.8 Å². The van der Waals surface area contributed by atoms with Crippen LogP contribution in [0.25, 0.3) is 0 Å². The minimum atomic E-state index is -0.461. The number of hydrogen-bond acceptors (Lipinski definition) is 3. The zero-order valence-electron chi connectivity index (χ0n) is 15.5. The van der Waals surface area contributed by atoms with Crippen LogP contribution in [0, 0.1) is 18.8 Å². The van der Waals surface area contributed by atoms with Crippen molar-refractivity contribution < 1.29 is 9.90 Å². The van der Waals surface area contributed by atoms with Gasteiger partial charge in [-0.15, -0.1) is 0 Å². The van der Waals surface area contributed by atoms with E-state index in [1.807, 2.05) is 31.2 Å². The third-order valence-corrected chi connectivity index (χ3v) is 5.22. The summed E-state index contributed by atoms with van der Waals surface area (Å²) in [6, 6.07) is 8.27. The lowest BCUT2D eigenvalue weighted by Crippen LogP contribution is -2.45. The van der Waals surface area contributed by atoms with Gasteiger partial charge in [0.05, 0.1) is 6.10 Å². The third-order valence-electron chi connectivity index (χ3n) is 5.22. The van der Waals surface area contributed by atoms with Crippen LogP contribution in [0.4, 0.5) is 0 Å². The van der Waals surface area contributed by atoms with Crippen molar-refractivity contribution in [3.8, 4) is 0 Å². The lowest BCUT2D eigenvalue weighted by atomic mass is 9.94. The number of benzene rings is 1. The Balaban J connectivity index is 1.78. The quantitative estimate of drug-likeness (QED) is 0.842. The van der Waals surface area contributed by atoms with Crippen LogP contribution in [0.3, 0.4) is 0 Å². The molecule has 2 unspecified atom stereocenters. The number of likely N-dealkylation sites (tertiary alicyclic amines) is 1. The molecule has 0 radical (unpaired) electrons. The van der Waals surface area contributed by atoms with Crippen LogP contribution in [0.5, 0.6) is 0 Å². The molecule has 2 rings (SSSR count). The average Bonchev–Trinajstić information content (AvgIpc) is 2.55. The molecule has 1 fully saturated rings. The van der Waals surface area contributed by atoms with E-state index >= 15 is 0 Å². The largest absolute Gasteiger partial charge is 0.387 e. The van der Waals surface area contributed by atoms with Crippen LogP contribution >= 0.6 is 0 Å². The van der Waals surface area contributed by atoms with Gasteiger partial charge in [0.15, 0.2) is 0 Å². The number of aryl methyl sites for hydroxylation is 1. The van der Waals surface area contributed by atoms with E-state index in [9.17, 15) is 9.90 Å². The summed E-state index contributed by atoms with van der Waals surface area (Å²) < 4.78 is 0. The Hall–Kier alpha value is -1.39. The Morgan fingerprint density at radius 3 is 2.33 bits per heavy atom. The van der Waals surface area contributed by atoms with E-state index in [-0.39, 0.29) is 17.9 Å². The third kappa shape index (κ3) is 5.32. The van der Waals surface area contributed by atoms with Gasteiger partial charge in [0, 0.05) is 18.5 Å². The molecule has 2 atom stereocenters. The van der Waals surface area contributed by atoms with E-state index in [0.717, 1.165) is 31.5 Å². The van der Waals surface area contributed by atoms with E-state index in [1.54, 1.807) is 0 Å². The number of aliphatic hydroxyl groups excluding tert-OH is 1. The van der Waals surface area contributed by atoms with Gasteiger partial charge in [0.1, 0.15) is 0 Å². The smallest absolute Gasteiger partial charge is 0.223 e. The number of carbonyl (C=O) groups excluding carboxylic acids is 1. The molecule has 0 bridgehead atoms. The Kier molecular flexibility index (Phi) is 6.81. The van der Waals surface area contributed by atoms with Gasteiger partial charge in [-0.3, -0.25) is 4.79 Å². The molecule has 1 aromatic rings. The second kappa shape index (κ2) is 8.63. The van der Waals surface area contributed by atoms with Crippen molar-refractivity contribution in [1.82, 2.24) is 10.2 Å². The predicted molar refractivity (Wildman–Crippen MR) is 97.7 cm³/mol. The molecule has 4 nitrogen and oxygen atoms in total. The average molecular weight is 332 g/mol. The highest BCUT2D eigenvalue weighted by atomic mass is 16.3. The van der Waals surface area contributed by atoms with Crippen LogP contribution in [0.2, 0.25) is 0 Å². The molecule has 1 aromatic carbocycles. The summed E-state index contributed by atoms with van der Waals surface area (Å²) in [5, 5.41) is 13.5. The van der Waals surface area contributed by atoms with Crippen LogP contribution < -0.4 is 5.32 Å². The fourth-order valence-electron chi connectivity index (χ4n) is 3.03. The van der Waals surface area contributed by atoms with Gasteiger partial charge in [-0.1, -0.05) is 43.7 Å². The highest BCUT2D eigenvalue weighted by Gasteiger charge is 2.27. The number of carbonyl (C=O) groups is 1. The topological polar surface area (TPSA) is 52.6 Å². The highest BCUT2D eigenvalue weighted by molar-refractivity contribution is 5.79. The van der Waals surface area contributed by atoms with Gasteiger partial charge in [0.25, 0.3) is 0 Å². The Bertz CT molecular complexity index is 519. The van der Waals surface area contributed by atoms with Gasteiger partial charge in [-0.05, 0) is 51.3 Å². The van der Waals surface area contributed by atoms with Crippen LogP contribution in [-0.4, -0.2) is 41.6 Å². The maximum atomic E-state index is 12.3. The molecule has 1 heterocycles. The molecule has 134 valence electrons. The number of aliphatic hydroxyl groups is 1. The molecule has 1 saturated heterocycles. The molecular formula is C20H32N2O2. The molecule has 0 saturated carbocycles. The molecule has 1 aliphatic heterocycles. The van der Waals surface area contributed by atoms with E-state index in [0.29, 0.717) is 12.5 Å². The van der Waals surface area contributed by atoms with Crippen LogP contribution in [0.15, 0.2) is 24.3 Å². The fraction of sp³-hybridized carbons (Fsp3) is 0.650. The lowest BCUT2D eigenvalue weighted by molar-refractivity contribution is -0.127. The van der Waals surface area contributed by atoms with Crippen molar-refractivity contribution in [2.75, 3.05) is 19.6 Å². The second-order valence-corrected chi connectivity index (χ2v) is 7.54. The molecule has 0 aromatic heterocycles. The zero-order chi connectivity index (χ0) is 17.7. The minimum Gasteiger partial charge on any atom is -0.387 e. The summed E-state index contributed by atoms with van der Waals surface area (Å²) >= 11 is 0. The van der Waals surface area contributed by atoms with Crippen molar-refractivity contribution in [2.24, 2.45) is 11.8 Å². The van der Waals surface area contributed by atoms with Crippen molar-refractivity contribution >= 4 is 5.91 Å². The summed E-state index contributed by atoms with van der Waals surface area (Å²) in [4.78, 5) is 14.6. The van der Waals surface area contributed by atoms with Gasteiger partial charge in [-0.2, -0.15) is 0 Å². The second-order valence-electron chi connectivity index (χ2n) is 7.54. The Morgan fingerprint density at radius 2 is 1.79 bits per heavy atom. The van der Waals surface area contributed by atoms with Crippen molar-refractivity contribution in [2.45, 2.75) is 52.7 Å². The van der Waals surface area contributed by atoms with Crippen molar-refractivity contribution in [3.63, 3.8) is 0 Å². The first kappa shape index (κ1) is 18.9. The number of hydrogen-bond donors (Lipinski definition) is 2. The van der Waals surface area contributed by atoms with Crippen molar-refractivity contribution in [1.29, 1.82) is 0 Å². The van der Waals surface area contributed by atoms with Gasteiger partial charge in [0.2, 0.25) is 5.91 Å². The molecular weight excluding hydrogens is 300 g/mol. The van der Waals surface area contributed by atoms with E-state index in [1.165, 1.54) is 5.56 Å². The number of nitrogens with one attached hydrogen (secondary N) is 1. The summed E-state index contributed by atoms with van der Waals surface area (Å²) in [5.41, 5.74) is 2.17. The molecule has 1 aliphatic rings. The zero-order valence-corrected chi connectivity index (χ0v) is 15.5. The van der Waals surface area contributed by atoms with Gasteiger partial charge in [-0.25, -0.2) is 0 Å². The first-order chi connectivity index (χ1) is 11.4. The summed E-state index contributed by atoms with van der Waals surface area (Å²) in [5.74, 6) is 0.757. The van der Waals surface area contributed by atoms with Gasteiger partial charge < -0.3 is 15.3 Å². The van der Waals surface area contributed by atoms with Gasteiger partial charge >= 0.3 is 0 Å². The molecule has 1 amide bonds. The molecule has 0 aliphatic carbocycles. The molecule has 24 heavy (non-hydrogen) atoms. The Morgan fingerprint density at radius 1 is 1.21 bits per heavy atom. The molecule has 4 heteroatoms. The van der Waals surface area contributed by atoms with E-state index < -0.39 is 6.10 Å². The summed E-state index contributed by atoms with van der Waals surface area (Å²) in [6.07, 6.45) is 1.28. The number of amides is 1. The maximum Gasteiger partial charge on any atom is 0.223 e. The minimum absolute atomic E-state index is 0.110. The van der Waals surface area contributed by atoms with Crippen LogP contribution in [-0.2, 0) is 4.79 Å².